The van der Waals surface area contributed by atoms with Gasteiger partial charge in [-0.1, -0.05) is 26.0 Å². The molecule has 0 aliphatic carbocycles. The molecule has 1 aromatic rings. The van der Waals surface area contributed by atoms with E-state index in [1.165, 1.54) is 12.1 Å². The number of amides is 2. The Hall–Kier alpha value is -3.48. The van der Waals surface area contributed by atoms with E-state index in [2.05, 4.69) is 10.2 Å². The number of benzene rings is 1. The third kappa shape index (κ3) is 9.76. The van der Waals surface area contributed by atoms with Crippen molar-refractivity contribution in [1.29, 1.82) is 0 Å². The number of rotatable bonds is 5. The number of aliphatic hydroxyl groups excluding tert-OH is 1. The van der Waals surface area contributed by atoms with Crippen molar-refractivity contribution in [2.45, 2.75) is 64.4 Å². The molecule has 2 saturated heterocycles. The summed E-state index contributed by atoms with van der Waals surface area (Å²) in [6.45, 7) is 9.57. The van der Waals surface area contributed by atoms with E-state index in [-0.39, 0.29) is 36.8 Å². The molecular weight excluding hydrogens is 595 g/mol. The van der Waals surface area contributed by atoms with Gasteiger partial charge >= 0.3 is 12.1 Å². The molecule has 3 aliphatic rings. The van der Waals surface area contributed by atoms with Crippen molar-refractivity contribution in [1.82, 2.24) is 15.1 Å². The van der Waals surface area contributed by atoms with Crippen LogP contribution >= 0.6 is 0 Å². The Morgan fingerprint density at radius 2 is 1.83 bits per heavy atom. The molecule has 3 aliphatic heterocycles. The number of carbonyl (C=O) groups excluding carboxylic acids is 3. The number of anilines is 1. The first kappa shape index (κ1) is 35.4. The summed E-state index contributed by atoms with van der Waals surface area (Å²) in [6, 6.07) is 4.66. The molecule has 0 bridgehead atoms. The fraction of sp³-hybridized carbons (Fsp3) is 0.618. The number of ether oxygens (including phenoxy) is 3. The fourth-order valence-electron chi connectivity index (χ4n) is 6.04. The molecular formula is C34H49FN4O7. The number of nitrogens with one attached hydrogen (secondary N) is 1. The minimum Gasteiger partial charge on any atom is -0.457 e. The van der Waals surface area contributed by atoms with Crippen LogP contribution in [0, 0.1) is 17.7 Å². The Balaban J connectivity index is 1.56. The van der Waals surface area contributed by atoms with E-state index in [4.69, 9.17) is 14.2 Å². The van der Waals surface area contributed by atoms with Gasteiger partial charge in [-0.25, -0.2) is 9.18 Å². The molecule has 0 spiro atoms. The van der Waals surface area contributed by atoms with Crippen LogP contribution in [0.25, 0.3) is 6.08 Å². The van der Waals surface area contributed by atoms with Gasteiger partial charge in [-0.15, -0.1) is 0 Å². The van der Waals surface area contributed by atoms with Gasteiger partial charge in [0.2, 0.25) is 0 Å². The Kier molecular flexibility index (Phi) is 12.6. The Morgan fingerprint density at radius 1 is 1.09 bits per heavy atom. The highest BCUT2D eigenvalue weighted by molar-refractivity contribution is 5.81. The molecule has 0 radical (unpaired) electrons. The van der Waals surface area contributed by atoms with Crippen LogP contribution in [0.3, 0.4) is 0 Å². The molecule has 1 aromatic carbocycles. The highest BCUT2D eigenvalue weighted by Crippen LogP contribution is 2.28. The van der Waals surface area contributed by atoms with Crippen LogP contribution in [0.4, 0.5) is 14.9 Å². The molecule has 0 aromatic heterocycles. The van der Waals surface area contributed by atoms with Crippen molar-refractivity contribution < 1.29 is 38.1 Å². The van der Waals surface area contributed by atoms with Gasteiger partial charge in [0.05, 0.1) is 25.7 Å². The van der Waals surface area contributed by atoms with Gasteiger partial charge in [-0.2, -0.15) is 0 Å². The SMILES string of the molecule is CNC(=O)[C@H]1CN(c2cc(F)cc(/C=C(\C)[C@H]3OC(=O)C[C@H](O)CC[C@H](C)[C@@H](OC(=O)N4CCN(C)CC4)/C=C/[C@@H]3C)c2)CCO1. The summed E-state index contributed by atoms with van der Waals surface area (Å²) in [5, 5.41) is 13.2. The zero-order valence-electron chi connectivity index (χ0n) is 27.6. The molecule has 2 N–H and O–H groups in total. The number of likely N-dealkylation sites (N-methyl/N-ethyl adjacent to an activating group) is 2. The smallest absolute Gasteiger partial charge is 0.410 e. The first-order valence-corrected chi connectivity index (χ1v) is 16.2. The standard InChI is InChI=1S/C34H49FN4O7/c1-22-6-8-28(40)20-31(41)46-32(23(2)7-9-29(22)45-34(43)38-12-10-37(5)11-13-38)24(3)16-25-17-26(35)19-27(18-25)39-14-15-44-30(21-39)33(42)36-4/h7,9,16-19,22-23,28-30,32,40H,6,8,10-15,20-21H2,1-5H3,(H,36,42)/b9-7+,24-16+/t22-,23-,28+,29-,30+,32-/m0/s1. The summed E-state index contributed by atoms with van der Waals surface area (Å²) >= 11 is 0. The molecule has 0 saturated carbocycles. The maximum Gasteiger partial charge on any atom is 0.410 e. The molecule has 0 unspecified atom stereocenters. The quantitative estimate of drug-likeness (QED) is 0.368. The number of carbonyl (C=O) groups is 3. The first-order chi connectivity index (χ1) is 21.9. The number of cyclic esters (lactones) is 1. The Morgan fingerprint density at radius 3 is 2.54 bits per heavy atom. The van der Waals surface area contributed by atoms with Crippen molar-refractivity contribution in [2.24, 2.45) is 11.8 Å². The van der Waals surface area contributed by atoms with Gasteiger partial charge < -0.3 is 39.3 Å². The average molecular weight is 645 g/mol. The summed E-state index contributed by atoms with van der Waals surface area (Å²) in [5.41, 5.74) is 1.86. The van der Waals surface area contributed by atoms with Crippen molar-refractivity contribution in [3.8, 4) is 0 Å². The van der Waals surface area contributed by atoms with Gasteiger partial charge in [0, 0.05) is 51.4 Å². The third-order valence-electron chi connectivity index (χ3n) is 8.98. The maximum absolute atomic E-state index is 14.9. The molecule has 12 heteroatoms. The lowest BCUT2D eigenvalue weighted by Gasteiger charge is -2.34. The molecule has 3 heterocycles. The number of piperazine rings is 1. The van der Waals surface area contributed by atoms with Gasteiger partial charge in [-0.05, 0) is 68.1 Å². The van der Waals surface area contributed by atoms with E-state index >= 15 is 0 Å². The second-order valence-corrected chi connectivity index (χ2v) is 12.8. The van der Waals surface area contributed by atoms with Gasteiger partial charge in [0.1, 0.15) is 18.0 Å². The van der Waals surface area contributed by atoms with Crippen molar-refractivity contribution in [3.05, 3.63) is 47.3 Å². The van der Waals surface area contributed by atoms with E-state index in [1.807, 2.05) is 50.9 Å². The zero-order valence-corrected chi connectivity index (χ0v) is 27.6. The van der Waals surface area contributed by atoms with Crippen LogP contribution in [0.1, 0.15) is 45.6 Å². The molecule has 4 rings (SSSR count). The maximum atomic E-state index is 14.9. The van der Waals surface area contributed by atoms with E-state index in [1.54, 1.807) is 18.0 Å². The second-order valence-electron chi connectivity index (χ2n) is 12.8. The fourth-order valence-corrected chi connectivity index (χ4v) is 6.04. The normalized spacial score (nSPS) is 29.6. The lowest BCUT2D eigenvalue weighted by Crippen LogP contribution is -2.49. The average Bonchev–Trinajstić information content (AvgIpc) is 3.03. The number of hydrogen-bond acceptors (Lipinski definition) is 9. The van der Waals surface area contributed by atoms with Crippen molar-refractivity contribution >= 4 is 29.7 Å². The van der Waals surface area contributed by atoms with E-state index in [9.17, 15) is 23.9 Å². The van der Waals surface area contributed by atoms with Gasteiger partial charge in [0.15, 0.2) is 6.10 Å². The molecule has 2 amide bonds. The monoisotopic (exact) mass is 644 g/mol. The molecule has 2 fully saturated rings. The number of halogens is 1. The van der Waals surface area contributed by atoms with Crippen LogP contribution in [0.15, 0.2) is 35.9 Å². The summed E-state index contributed by atoms with van der Waals surface area (Å²) < 4.78 is 32.4. The van der Waals surface area contributed by atoms with Crippen LogP contribution in [-0.2, 0) is 23.8 Å². The topological polar surface area (TPSA) is 121 Å². The lowest BCUT2D eigenvalue weighted by molar-refractivity contribution is -0.151. The number of morpholine rings is 1. The van der Waals surface area contributed by atoms with Gasteiger partial charge in [0.25, 0.3) is 5.91 Å². The largest absolute Gasteiger partial charge is 0.457 e. The summed E-state index contributed by atoms with van der Waals surface area (Å²) in [7, 11) is 3.57. The highest BCUT2D eigenvalue weighted by Gasteiger charge is 2.30. The van der Waals surface area contributed by atoms with Crippen molar-refractivity contribution in [3.63, 3.8) is 0 Å². The van der Waals surface area contributed by atoms with Gasteiger partial charge in [-0.3, -0.25) is 9.59 Å². The number of nitrogens with zero attached hydrogens (tertiary/aromatic N) is 3. The summed E-state index contributed by atoms with van der Waals surface area (Å²) in [5.74, 6) is -1.61. The molecule has 11 nitrogen and oxygen atoms in total. The third-order valence-corrected chi connectivity index (χ3v) is 8.98. The number of esters is 1. The van der Waals surface area contributed by atoms with E-state index < -0.39 is 36.2 Å². The predicted molar refractivity (Wildman–Crippen MR) is 173 cm³/mol. The minimum absolute atomic E-state index is 0.0889. The lowest BCUT2D eigenvalue weighted by atomic mass is 9.91. The highest BCUT2D eigenvalue weighted by atomic mass is 19.1. The van der Waals surface area contributed by atoms with Crippen LogP contribution in [0.2, 0.25) is 0 Å². The second kappa shape index (κ2) is 16.4. The van der Waals surface area contributed by atoms with E-state index in [0.717, 1.165) is 13.1 Å². The summed E-state index contributed by atoms with van der Waals surface area (Å²) in [6.07, 6.45) is 3.13. The predicted octanol–water partition coefficient (Wildman–Crippen LogP) is 3.22. The Bertz CT molecular complexity index is 1280. The molecule has 46 heavy (non-hydrogen) atoms. The van der Waals surface area contributed by atoms with E-state index in [0.29, 0.717) is 55.9 Å². The Labute approximate surface area is 271 Å². The van der Waals surface area contributed by atoms with Crippen LogP contribution in [-0.4, -0.2) is 117 Å². The number of aliphatic hydroxyl groups is 1. The minimum atomic E-state index is -0.898. The van der Waals surface area contributed by atoms with Crippen molar-refractivity contribution in [2.75, 3.05) is 64.9 Å². The zero-order chi connectivity index (χ0) is 33.4. The number of hydrogen-bond donors (Lipinski definition) is 2. The molecule has 254 valence electrons. The molecule has 6 atom stereocenters. The summed E-state index contributed by atoms with van der Waals surface area (Å²) in [4.78, 5) is 43.9. The first-order valence-electron chi connectivity index (χ1n) is 16.2. The van der Waals surface area contributed by atoms with Crippen LogP contribution < -0.4 is 10.2 Å². The van der Waals surface area contributed by atoms with Crippen LogP contribution in [0.5, 0.6) is 0 Å².